The fourth-order valence-corrected chi connectivity index (χ4v) is 1.92. The van der Waals surface area contributed by atoms with Gasteiger partial charge in [-0.3, -0.25) is 0 Å². The van der Waals surface area contributed by atoms with Crippen molar-refractivity contribution in [1.29, 1.82) is 0 Å². The number of aromatic nitrogens is 3. The molecule has 0 saturated carbocycles. The summed E-state index contributed by atoms with van der Waals surface area (Å²) in [6.45, 7) is 0. The van der Waals surface area contributed by atoms with Crippen LogP contribution in [0, 0.1) is 3.70 Å². The number of rotatable bonds is 0. The second-order valence-electron chi connectivity index (χ2n) is 1.87. The van der Waals surface area contributed by atoms with Crippen molar-refractivity contribution in [2.24, 2.45) is 0 Å². The second-order valence-corrected chi connectivity index (χ2v) is 3.99. The number of fused-ring (bicyclic) bond motifs is 1. The lowest BCUT2D eigenvalue weighted by atomic mass is 10.7. The lowest BCUT2D eigenvalue weighted by Gasteiger charge is -1.85. The van der Waals surface area contributed by atoms with Crippen LogP contribution in [0.5, 0.6) is 0 Å². The normalized spacial score (nSPS) is 10.6. The number of thiazole rings is 1. The molecule has 6 heteroatoms. The largest absolute Gasteiger partial charge is 0.375 e. The molecule has 0 unspecified atom stereocenters. The molecular weight excluding hydrogens is 275 g/mol. The van der Waals surface area contributed by atoms with Gasteiger partial charge in [-0.05, 0) is 22.6 Å². The first kappa shape index (κ1) is 7.17. The minimum atomic E-state index is 0.516. The van der Waals surface area contributed by atoms with Gasteiger partial charge >= 0.3 is 0 Å². The van der Waals surface area contributed by atoms with Crippen molar-refractivity contribution in [3.8, 4) is 0 Å². The van der Waals surface area contributed by atoms with E-state index in [4.69, 9.17) is 5.73 Å². The van der Waals surface area contributed by atoms with Crippen molar-refractivity contribution < 1.29 is 0 Å². The van der Waals surface area contributed by atoms with Crippen LogP contribution in [0.25, 0.3) is 10.5 Å². The number of anilines is 1. The van der Waals surface area contributed by atoms with Crippen molar-refractivity contribution >= 4 is 49.5 Å². The SMILES string of the molecule is Nc1nc2ncc(I)nc2s1. The van der Waals surface area contributed by atoms with Gasteiger partial charge in [-0.1, -0.05) is 11.3 Å². The molecule has 56 valence electrons. The van der Waals surface area contributed by atoms with E-state index in [1.54, 1.807) is 6.20 Å². The van der Waals surface area contributed by atoms with E-state index in [1.165, 1.54) is 11.3 Å². The maximum Gasteiger partial charge on any atom is 0.191 e. The van der Waals surface area contributed by atoms with Crippen LogP contribution in [0.1, 0.15) is 0 Å². The van der Waals surface area contributed by atoms with E-state index < -0.39 is 0 Å². The van der Waals surface area contributed by atoms with Crippen molar-refractivity contribution in [2.75, 3.05) is 5.73 Å². The van der Waals surface area contributed by atoms with Gasteiger partial charge < -0.3 is 5.73 Å². The zero-order chi connectivity index (χ0) is 7.84. The van der Waals surface area contributed by atoms with Crippen LogP contribution >= 0.6 is 33.9 Å². The molecule has 11 heavy (non-hydrogen) atoms. The predicted molar refractivity (Wildman–Crippen MR) is 52.3 cm³/mol. The van der Waals surface area contributed by atoms with Crippen molar-refractivity contribution in [3.63, 3.8) is 0 Å². The molecule has 2 heterocycles. The molecule has 0 bridgehead atoms. The maximum atomic E-state index is 5.47. The van der Waals surface area contributed by atoms with Crippen LogP contribution in [-0.4, -0.2) is 15.0 Å². The number of nitrogens with zero attached hydrogens (tertiary/aromatic N) is 3. The molecule has 0 aliphatic rings. The minimum Gasteiger partial charge on any atom is -0.375 e. The summed E-state index contributed by atoms with van der Waals surface area (Å²) in [5.41, 5.74) is 6.10. The summed E-state index contributed by atoms with van der Waals surface area (Å²) in [7, 11) is 0. The highest BCUT2D eigenvalue weighted by Gasteiger charge is 2.02. The summed E-state index contributed by atoms with van der Waals surface area (Å²) >= 11 is 3.46. The molecule has 0 spiro atoms. The van der Waals surface area contributed by atoms with Crippen molar-refractivity contribution in [2.45, 2.75) is 0 Å². The van der Waals surface area contributed by atoms with Gasteiger partial charge in [-0.2, -0.15) is 4.98 Å². The Kier molecular flexibility index (Phi) is 1.64. The Morgan fingerprint density at radius 2 is 2.27 bits per heavy atom. The number of halogens is 1. The maximum absolute atomic E-state index is 5.47. The third-order valence-electron chi connectivity index (χ3n) is 1.11. The average Bonchev–Trinajstić information content (AvgIpc) is 2.27. The predicted octanol–water partition coefficient (Wildman–Crippen LogP) is 1.27. The quantitative estimate of drug-likeness (QED) is 0.737. The van der Waals surface area contributed by atoms with Crippen LogP contribution in [-0.2, 0) is 0 Å². The van der Waals surface area contributed by atoms with Crippen molar-refractivity contribution in [3.05, 3.63) is 9.90 Å². The molecule has 4 nitrogen and oxygen atoms in total. The Balaban J connectivity index is 2.82. The van der Waals surface area contributed by atoms with E-state index in [0.29, 0.717) is 10.8 Å². The lowest BCUT2D eigenvalue weighted by Crippen LogP contribution is -1.83. The standard InChI is InChI=1S/C5H3IN4S/c6-2-1-8-3-4(9-2)11-5(7)10-3/h1H,(H2,7,8,10). The Bertz CT molecular complexity index is 398. The average molecular weight is 278 g/mol. The Hall–Kier alpha value is -0.500. The summed E-state index contributed by atoms with van der Waals surface area (Å²) in [5.74, 6) is 0. The third-order valence-corrected chi connectivity index (χ3v) is 2.40. The van der Waals surface area contributed by atoms with E-state index in [1.807, 2.05) is 0 Å². The Morgan fingerprint density at radius 1 is 1.45 bits per heavy atom. The molecule has 0 saturated heterocycles. The molecule has 0 aliphatic carbocycles. The Labute approximate surface area is 80.0 Å². The van der Waals surface area contributed by atoms with Crippen LogP contribution in [0.4, 0.5) is 5.13 Å². The first-order chi connectivity index (χ1) is 5.25. The molecule has 2 N–H and O–H groups in total. The molecular formula is C5H3IN4S. The van der Waals surface area contributed by atoms with Gasteiger partial charge in [0.2, 0.25) is 0 Å². The summed E-state index contributed by atoms with van der Waals surface area (Å²) in [6.07, 6.45) is 1.67. The number of nitrogens with two attached hydrogens (primary N) is 1. The zero-order valence-corrected chi connectivity index (χ0v) is 8.26. The Morgan fingerprint density at radius 3 is 3.09 bits per heavy atom. The topological polar surface area (TPSA) is 64.7 Å². The summed E-state index contributed by atoms with van der Waals surface area (Å²) in [6, 6.07) is 0. The van der Waals surface area contributed by atoms with E-state index in [-0.39, 0.29) is 0 Å². The molecule has 0 aromatic carbocycles. The number of hydrogen-bond acceptors (Lipinski definition) is 5. The van der Waals surface area contributed by atoms with Gasteiger partial charge in [0, 0.05) is 0 Å². The number of hydrogen-bond donors (Lipinski definition) is 1. The molecule has 0 amide bonds. The summed E-state index contributed by atoms with van der Waals surface area (Å²) < 4.78 is 0.860. The van der Waals surface area contributed by atoms with Gasteiger partial charge in [-0.25, -0.2) is 9.97 Å². The molecule has 0 aliphatic heterocycles. The first-order valence-corrected chi connectivity index (χ1v) is 4.70. The second kappa shape index (κ2) is 2.52. The smallest absolute Gasteiger partial charge is 0.191 e. The van der Waals surface area contributed by atoms with E-state index >= 15 is 0 Å². The molecule has 0 radical (unpaired) electrons. The zero-order valence-electron chi connectivity index (χ0n) is 5.28. The molecule has 2 aromatic heterocycles. The fraction of sp³-hybridized carbons (Fsp3) is 0. The summed E-state index contributed by atoms with van der Waals surface area (Å²) in [5, 5.41) is 0.516. The van der Waals surface area contributed by atoms with Crippen LogP contribution in [0.3, 0.4) is 0 Å². The highest BCUT2D eigenvalue weighted by Crippen LogP contribution is 2.19. The van der Waals surface area contributed by atoms with E-state index in [0.717, 1.165) is 8.53 Å². The van der Waals surface area contributed by atoms with E-state index in [2.05, 4.69) is 37.5 Å². The lowest BCUT2D eigenvalue weighted by molar-refractivity contribution is 1.23. The van der Waals surface area contributed by atoms with Crippen LogP contribution < -0.4 is 5.73 Å². The molecule has 0 atom stereocenters. The first-order valence-electron chi connectivity index (χ1n) is 2.80. The van der Waals surface area contributed by atoms with Gasteiger partial charge in [0.1, 0.15) is 3.70 Å². The molecule has 2 aromatic rings. The van der Waals surface area contributed by atoms with Crippen molar-refractivity contribution in [1.82, 2.24) is 15.0 Å². The minimum absolute atomic E-state index is 0.516. The monoisotopic (exact) mass is 278 g/mol. The van der Waals surface area contributed by atoms with Gasteiger partial charge in [-0.15, -0.1) is 0 Å². The van der Waals surface area contributed by atoms with Gasteiger partial charge in [0.25, 0.3) is 0 Å². The van der Waals surface area contributed by atoms with Gasteiger partial charge in [0.15, 0.2) is 15.6 Å². The fourth-order valence-electron chi connectivity index (χ4n) is 0.717. The number of nitrogen functional groups attached to an aromatic ring is 1. The van der Waals surface area contributed by atoms with Crippen LogP contribution in [0.2, 0.25) is 0 Å². The third kappa shape index (κ3) is 1.27. The van der Waals surface area contributed by atoms with E-state index in [9.17, 15) is 0 Å². The highest BCUT2D eigenvalue weighted by atomic mass is 127. The summed E-state index contributed by atoms with van der Waals surface area (Å²) in [4.78, 5) is 13.0. The highest BCUT2D eigenvalue weighted by molar-refractivity contribution is 14.1. The van der Waals surface area contributed by atoms with Crippen LogP contribution in [0.15, 0.2) is 6.20 Å². The molecule has 2 rings (SSSR count). The van der Waals surface area contributed by atoms with Gasteiger partial charge in [0.05, 0.1) is 6.20 Å². The molecule has 0 fully saturated rings.